The fourth-order valence-electron chi connectivity index (χ4n) is 3.96. The Hall–Kier alpha value is -1.84. The van der Waals surface area contributed by atoms with E-state index in [1.165, 1.54) is 0 Å². The van der Waals surface area contributed by atoms with Gasteiger partial charge in [0.05, 0.1) is 0 Å². The first-order chi connectivity index (χ1) is 10.5. The second-order valence-corrected chi connectivity index (χ2v) is 6.54. The highest BCUT2D eigenvalue weighted by Crippen LogP contribution is 2.69. The number of likely N-dealkylation sites (N-methyl/N-ethyl adjacent to an activating group) is 1. The van der Waals surface area contributed by atoms with E-state index >= 15 is 0 Å². The molecule has 0 saturated carbocycles. The molecule has 0 amide bonds. The molecule has 2 heterocycles. The fraction of sp³-hybridized carbons (Fsp3) is 0.278. The van der Waals surface area contributed by atoms with E-state index < -0.39 is 11.1 Å². The Morgan fingerprint density at radius 2 is 1.73 bits per heavy atom. The number of hydrogen-bond donors (Lipinski definition) is 0. The number of ether oxygens (including phenoxy) is 1. The first-order valence-electron chi connectivity index (χ1n) is 7.29. The number of carbonyl (C=O) groups is 1. The highest BCUT2D eigenvalue weighted by atomic mass is 35.5. The first-order valence-corrected chi connectivity index (χ1v) is 7.66. The molecule has 4 atom stereocenters. The van der Waals surface area contributed by atoms with Gasteiger partial charge in [0.25, 0.3) is 0 Å². The standard InChI is InChI=1S/C18H16ClNO2/c1-17-16(21)22-15(12-8-10-14(19)11-9-12)18(17,20(17)2)13-6-4-3-5-7-13/h3-11,15H,1-2H3/t15-,17-,18+,20?/m0/s1. The van der Waals surface area contributed by atoms with Crippen molar-refractivity contribution in [3.63, 3.8) is 0 Å². The van der Waals surface area contributed by atoms with E-state index in [4.69, 9.17) is 16.3 Å². The maximum atomic E-state index is 12.5. The molecule has 22 heavy (non-hydrogen) atoms. The Morgan fingerprint density at radius 1 is 1.09 bits per heavy atom. The minimum Gasteiger partial charge on any atom is -0.454 e. The van der Waals surface area contributed by atoms with Crippen LogP contribution in [0.5, 0.6) is 0 Å². The molecule has 0 aromatic heterocycles. The van der Waals surface area contributed by atoms with Gasteiger partial charge in [0, 0.05) is 5.02 Å². The summed E-state index contributed by atoms with van der Waals surface area (Å²) in [5, 5.41) is 0.675. The first kappa shape index (κ1) is 13.8. The summed E-state index contributed by atoms with van der Waals surface area (Å²) in [6.45, 7) is 1.96. The Labute approximate surface area is 134 Å². The van der Waals surface area contributed by atoms with Gasteiger partial charge in [-0.1, -0.05) is 54.1 Å². The van der Waals surface area contributed by atoms with Gasteiger partial charge in [-0.3, -0.25) is 4.90 Å². The highest BCUT2D eigenvalue weighted by Gasteiger charge is 2.84. The van der Waals surface area contributed by atoms with Gasteiger partial charge in [0.2, 0.25) is 0 Å². The largest absolute Gasteiger partial charge is 0.454 e. The van der Waals surface area contributed by atoms with Crippen molar-refractivity contribution < 1.29 is 9.53 Å². The molecule has 4 rings (SSSR count). The predicted octanol–water partition coefficient (Wildman–Crippen LogP) is 3.54. The maximum Gasteiger partial charge on any atom is 0.329 e. The van der Waals surface area contributed by atoms with Crippen LogP contribution in [0.1, 0.15) is 24.2 Å². The lowest BCUT2D eigenvalue weighted by Crippen LogP contribution is -2.24. The van der Waals surface area contributed by atoms with Gasteiger partial charge in [-0.25, -0.2) is 4.79 Å². The monoisotopic (exact) mass is 313 g/mol. The van der Waals surface area contributed by atoms with Crippen LogP contribution in [0.15, 0.2) is 54.6 Å². The lowest BCUT2D eigenvalue weighted by molar-refractivity contribution is -0.149. The summed E-state index contributed by atoms with van der Waals surface area (Å²) in [7, 11) is 1.98. The molecule has 2 aromatic carbocycles. The van der Waals surface area contributed by atoms with Crippen LogP contribution in [0, 0.1) is 0 Å². The van der Waals surface area contributed by atoms with Gasteiger partial charge >= 0.3 is 5.97 Å². The van der Waals surface area contributed by atoms with Crippen LogP contribution in [0.2, 0.25) is 5.02 Å². The minimum atomic E-state index is -0.612. The number of morpholine rings is 1. The summed E-state index contributed by atoms with van der Waals surface area (Å²) < 4.78 is 5.76. The van der Waals surface area contributed by atoms with Crippen LogP contribution in [-0.2, 0) is 15.1 Å². The molecule has 2 fully saturated rings. The molecule has 3 nitrogen and oxygen atoms in total. The number of benzene rings is 2. The molecule has 1 unspecified atom stereocenters. The number of hydrogen-bond acceptors (Lipinski definition) is 3. The molecule has 2 aromatic rings. The van der Waals surface area contributed by atoms with E-state index in [9.17, 15) is 4.79 Å². The van der Waals surface area contributed by atoms with Crippen LogP contribution >= 0.6 is 11.6 Å². The van der Waals surface area contributed by atoms with Crippen molar-refractivity contribution in [3.05, 3.63) is 70.7 Å². The van der Waals surface area contributed by atoms with E-state index in [1.807, 2.05) is 56.4 Å². The molecule has 0 N–H and O–H groups in total. The Morgan fingerprint density at radius 3 is 2.32 bits per heavy atom. The molecule has 0 radical (unpaired) electrons. The molecule has 0 spiro atoms. The van der Waals surface area contributed by atoms with E-state index in [-0.39, 0.29) is 12.1 Å². The van der Waals surface area contributed by atoms with Crippen LogP contribution in [0.3, 0.4) is 0 Å². The van der Waals surface area contributed by atoms with Gasteiger partial charge in [-0.15, -0.1) is 0 Å². The molecular weight excluding hydrogens is 298 g/mol. The minimum absolute atomic E-state index is 0.168. The van der Waals surface area contributed by atoms with Gasteiger partial charge in [0.15, 0.2) is 6.10 Å². The van der Waals surface area contributed by atoms with Crippen molar-refractivity contribution in [1.29, 1.82) is 0 Å². The van der Waals surface area contributed by atoms with E-state index in [0.29, 0.717) is 5.02 Å². The van der Waals surface area contributed by atoms with E-state index in [0.717, 1.165) is 11.1 Å². The molecule has 2 aliphatic heterocycles. The van der Waals surface area contributed by atoms with Crippen molar-refractivity contribution in [1.82, 2.24) is 4.90 Å². The molecule has 2 saturated heterocycles. The molecular formula is C18H16ClNO2. The zero-order valence-electron chi connectivity index (χ0n) is 12.4. The summed E-state index contributed by atoms with van der Waals surface area (Å²) in [6, 6.07) is 17.6. The molecule has 0 bridgehead atoms. The molecule has 4 heteroatoms. The zero-order chi connectivity index (χ0) is 15.5. The third-order valence-corrected chi connectivity index (χ3v) is 5.53. The zero-order valence-corrected chi connectivity index (χ0v) is 13.2. The van der Waals surface area contributed by atoms with Crippen LogP contribution in [0.25, 0.3) is 0 Å². The van der Waals surface area contributed by atoms with E-state index in [1.54, 1.807) is 0 Å². The summed E-state index contributed by atoms with van der Waals surface area (Å²) in [5.74, 6) is -0.168. The number of nitrogens with zero attached hydrogens (tertiary/aromatic N) is 1. The van der Waals surface area contributed by atoms with Crippen molar-refractivity contribution in [2.45, 2.75) is 24.1 Å². The van der Waals surface area contributed by atoms with Gasteiger partial charge in [-0.05, 0) is 37.2 Å². The van der Waals surface area contributed by atoms with Gasteiger partial charge in [0.1, 0.15) is 11.1 Å². The third-order valence-electron chi connectivity index (χ3n) is 5.28. The number of esters is 1. The number of rotatable bonds is 2. The molecule has 112 valence electrons. The number of carbonyl (C=O) groups excluding carboxylic acids is 1. The van der Waals surface area contributed by atoms with Crippen molar-refractivity contribution in [2.24, 2.45) is 0 Å². The molecule has 0 aliphatic carbocycles. The topological polar surface area (TPSA) is 29.3 Å². The van der Waals surface area contributed by atoms with Crippen LogP contribution in [-0.4, -0.2) is 23.5 Å². The smallest absolute Gasteiger partial charge is 0.329 e. The fourth-order valence-corrected chi connectivity index (χ4v) is 4.08. The Balaban J connectivity index is 1.89. The average molecular weight is 314 g/mol. The normalized spacial score (nSPS) is 35.9. The average Bonchev–Trinajstić information content (AvgIpc) is 2.93. The van der Waals surface area contributed by atoms with Crippen LogP contribution < -0.4 is 0 Å². The van der Waals surface area contributed by atoms with Crippen molar-refractivity contribution in [2.75, 3.05) is 7.05 Å². The number of fused-ring (bicyclic) bond motifs is 1. The summed E-state index contributed by atoms with van der Waals surface area (Å²) in [5.41, 5.74) is 1.01. The number of cyclic esters (lactones) is 1. The van der Waals surface area contributed by atoms with Gasteiger partial charge in [-0.2, -0.15) is 0 Å². The predicted molar refractivity (Wildman–Crippen MR) is 84.6 cm³/mol. The lowest BCUT2D eigenvalue weighted by Gasteiger charge is -2.24. The summed E-state index contributed by atoms with van der Waals surface area (Å²) in [4.78, 5) is 14.6. The third kappa shape index (κ3) is 1.43. The lowest BCUT2D eigenvalue weighted by atomic mass is 9.82. The van der Waals surface area contributed by atoms with Gasteiger partial charge < -0.3 is 4.74 Å². The maximum absolute atomic E-state index is 12.5. The summed E-state index contributed by atoms with van der Waals surface area (Å²) >= 11 is 5.98. The second-order valence-electron chi connectivity index (χ2n) is 6.10. The quantitative estimate of drug-likeness (QED) is 0.627. The number of halogens is 1. The SMILES string of the molecule is CN1[C@]2(c3ccccc3)[C@H](c3ccc(Cl)cc3)OC(=O)[C@]12C. The van der Waals surface area contributed by atoms with Crippen LogP contribution in [0.4, 0.5) is 0 Å². The Kier molecular flexibility index (Phi) is 2.72. The summed E-state index contributed by atoms with van der Waals surface area (Å²) in [6.07, 6.45) is -0.324. The second kappa shape index (κ2) is 4.34. The molecule has 2 aliphatic rings. The Bertz CT molecular complexity index is 745. The van der Waals surface area contributed by atoms with Crippen molar-refractivity contribution in [3.8, 4) is 0 Å². The van der Waals surface area contributed by atoms with Crippen molar-refractivity contribution >= 4 is 17.6 Å². The van der Waals surface area contributed by atoms with E-state index in [2.05, 4.69) is 17.0 Å². The highest BCUT2D eigenvalue weighted by molar-refractivity contribution is 6.30.